The molecule has 0 unspecified atom stereocenters. The zero-order valence-electron chi connectivity index (χ0n) is 28.1. The summed E-state index contributed by atoms with van der Waals surface area (Å²) in [7, 11) is 0. The second-order valence-electron chi connectivity index (χ2n) is 12.2. The van der Waals surface area contributed by atoms with Gasteiger partial charge in [-0.2, -0.15) is 5.56 Å². The Balaban J connectivity index is 0.000000254. The Kier molecular flexibility index (Phi) is 13.4. The standard InChI is InChI=1S/C29H17N2.C14H15N2.B.Ir.Y/c1-2-13-26(14-3-1)31-28-16-7-6-15-27(28)30-29(31)25-12-8-11-23(20-25)24-18-17-21-9-4-5-10-22(21)19-24;1-14(2,3)12-9-10-15-13(16-12)11-7-5-4-6-8-11;;;/h1-11,13-18H;4-7,9-10H,1-3H3;;;/q-3;-1;;;. The van der Waals surface area contributed by atoms with E-state index in [9.17, 15) is 0 Å². The van der Waals surface area contributed by atoms with Gasteiger partial charge in [0.15, 0.2) is 0 Å². The van der Waals surface area contributed by atoms with Gasteiger partial charge in [0.2, 0.25) is 0 Å². The first kappa shape index (κ1) is 38.7. The van der Waals surface area contributed by atoms with Gasteiger partial charge in [0, 0.05) is 84.2 Å². The molecule has 0 amide bonds. The van der Waals surface area contributed by atoms with Crippen molar-refractivity contribution in [1.82, 2.24) is 19.5 Å². The monoisotopic (exact) mass is 897 g/mol. The number of imidazole rings is 1. The van der Waals surface area contributed by atoms with E-state index >= 15 is 0 Å². The normalized spacial score (nSPS) is 10.6. The van der Waals surface area contributed by atoms with Crippen molar-refractivity contribution in [3.8, 4) is 39.6 Å². The number of nitrogens with zero attached hydrogens (tertiary/aromatic N) is 4. The van der Waals surface area contributed by atoms with E-state index in [4.69, 9.17) is 4.98 Å². The first-order valence-corrected chi connectivity index (χ1v) is 15.6. The minimum atomic E-state index is 0. The molecule has 0 saturated heterocycles. The summed E-state index contributed by atoms with van der Waals surface area (Å²) in [4.78, 5) is 13.8. The van der Waals surface area contributed by atoms with Crippen LogP contribution in [0, 0.1) is 24.3 Å². The number of hydrogen-bond acceptors (Lipinski definition) is 3. The zero-order chi connectivity index (χ0) is 32.2. The van der Waals surface area contributed by atoms with Crippen molar-refractivity contribution >= 4 is 30.2 Å². The molecule has 50 heavy (non-hydrogen) atoms. The van der Waals surface area contributed by atoms with Crippen LogP contribution in [0.2, 0.25) is 0 Å². The molecule has 0 saturated carbocycles. The van der Waals surface area contributed by atoms with Crippen LogP contribution in [0.3, 0.4) is 0 Å². The van der Waals surface area contributed by atoms with E-state index in [1.165, 1.54) is 5.39 Å². The summed E-state index contributed by atoms with van der Waals surface area (Å²) in [6.07, 6.45) is 1.81. The van der Waals surface area contributed by atoms with Crippen LogP contribution in [0.4, 0.5) is 0 Å². The molecule has 2 aromatic heterocycles. The molecule has 7 heteroatoms. The summed E-state index contributed by atoms with van der Waals surface area (Å²) in [6, 6.07) is 58.3. The quantitative estimate of drug-likeness (QED) is 0.131. The molecule has 243 valence electrons. The van der Waals surface area contributed by atoms with Crippen molar-refractivity contribution in [3.05, 3.63) is 170 Å². The van der Waals surface area contributed by atoms with Crippen LogP contribution in [0.25, 0.3) is 61.4 Å². The van der Waals surface area contributed by atoms with Crippen LogP contribution >= 0.6 is 0 Å². The van der Waals surface area contributed by atoms with Gasteiger partial charge in [-0.15, -0.1) is 65.5 Å². The summed E-state index contributed by atoms with van der Waals surface area (Å²) in [6.45, 7) is 6.44. The van der Waals surface area contributed by atoms with Gasteiger partial charge in [-0.05, 0) is 36.2 Å². The Morgan fingerprint density at radius 3 is 2.12 bits per heavy atom. The van der Waals surface area contributed by atoms with Crippen molar-refractivity contribution in [2.24, 2.45) is 0 Å². The van der Waals surface area contributed by atoms with Gasteiger partial charge in [0.1, 0.15) is 0 Å². The number of benzene rings is 6. The van der Waals surface area contributed by atoms with Gasteiger partial charge in [-0.25, -0.2) is 6.07 Å². The minimum absolute atomic E-state index is 0. The number of fused-ring (bicyclic) bond motifs is 2. The molecular weight excluding hydrogens is 864 g/mol. The fraction of sp³-hybridized carbons (Fsp3) is 0.0930. The van der Waals surface area contributed by atoms with E-state index in [0.29, 0.717) is 0 Å². The molecule has 2 heterocycles. The Morgan fingerprint density at radius 1 is 0.620 bits per heavy atom. The maximum absolute atomic E-state index is 4.93. The molecule has 4 nitrogen and oxygen atoms in total. The Morgan fingerprint density at radius 2 is 1.34 bits per heavy atom. The maximum atomic E-state index is 4.93. The molecule has 0 aliphatic carbocycles. The molecular formula is C43H32BIrN4Y-4. The molecule has 0 atom stereocenters. The molecule has 8 aromatic rings. The smallest absolute Gasteiger partial charge is 0.0751 e. The third-order valence-corrected chi connectivity index (χ3v) is 7.86. The molecule has 0 aliphatic rings. The van der Waals surface area contributed by atoms with Crippen LogP contribution in [-0.2, 0) is 58.2 Å². The SMILES string of the molecule is CC(C)(C)c1ccnc(-c2[c-]cccc2)n1.[B].[Ir].[Y].[c-]1ccc(-c2[c-]c3ccccc3cc2)[c-]c1-c1nc2ccccc2n1-c1ccccc1. The summed E-state index contributed by atoms with van der Waals surface area (Å²) in [5, 5.41) is 2.28. The van der Waals surface area contributed by atoms with Gasteiger partial charge in [0.25, 0.3) is 0 Å². The predicted molar refractivity (Wildman–Crippen MR) is 197 cm³/mol. The van der Waals surface area contributed by atoms with E-state index in [1.807, 2.05) is 97.2 Å². The predicted octanol–water partition coefficient (Wildman–Crippen LogP) is 9.77. The van der Waals surface area contributed by atoms with Crippen LogP contribution < -0.4 is 0 Å². The molecule has 0 aliphatic heterocycles. The third kappa shape index (κ3) is 8.62. The first-order valence-electron chi connectivity index (χ1n) is 15.6. The number of para-hydroxylation sites is 3. The fourth-order valence-electron chi connectivity index (χ4n) is 5.44. The Labute approximate surface area is 335 Å². The molecule has 0 spiro atoms. The molecule has 6 aromatic carbocycles. The first-order chi connectivity index (χ1) is 22.9. The topological polar surface area (TPSA) is 43.6 Å². The fourth-order valence-corrected chi connectivity index (χ4v) is 5.44. The van der Waals surface area contributed by atoms with Crippen molar-refractivity contribution in [2.75, 3.05) is 0 Å². The maximum Gasteiger partial charge on any atom is 0.0751 e. The summed E-state index contributed by atoms with van der Waals surface area (Å²) >= 11 is 0. The van der Waals surface area contributed by atoms with Crippen molar-refractivity contribution in [1.29, 1.82) is 0 Å². The van der Waals surface area contributed by atoms with Crippen LogP contribution in [0.1, 0.15) is 26.5 Å². The van der Waals surface area contributed by atoms with E-state index in [1.54, 1.807) is 0 Å². The van der Waals surface area contributed by atoms with E-state index in [-0.39, 0.29) is 66.6 Å². The van der Waals surface area contributed by atoms with E-state index in [2.05, 4.69) is 102 Å². The molecule has 0 N–H and O–H groups in total. The van der Waals surface area contributed by atoms with Crippen LogP contribution in [0.15, 0.2) is 140 Å². The average Bonchev–Trinajstić information content (AvgIpc) is 3.52. The number of rotatable bonds is 4. The Hall–Kier alpha value is -4.05. The second kappa shape index (κ2) is 17.2. The Bertz CT molecular complexity index is 2300. The number of hydrogen-bond donors (Lipinski definition) is 0. The van der Waals surface area contributed by atoms with Gasteiger partial charge in [0.05, 0.1) is 16.9 Å². The number of aromatic nitrogens is 4. The van der Waals surface area contributed by atoms with Gasteiger partial charge >= 0.3 is 0 Å². The van der Waals surface area contributed by atoms with E-state index < -0.39 is 0 Å². The minimum Gasteiger partial charge on any atom is -0.374 e. The summed E-state index contributed by atoms with van der Waals surface area (Å²) in [5.41, 5.74) is 7.94. The second-order valence-corrected chi connectivity index (χ2v) is 12.2. The molecule has 5 radical (unpaired) electrons. The van der Waals surface area contributed by atoms with Gasteiger partial charge in [-0.1, -0.05) is 74.7 Å². The molecule has 8 rings (SSSR count). The summed E-state index contributed by atoms with van der Waals surface area (Å²) in [5.74, 6) is 1.57. The average molecular weight is 897 g/mol. The summed E-state index contributed by atoms with van der Waals surface area (Å²) < 4.78 is 2.17. The van der Waals surface area contributed by atoms with Gasteiger partial charge in [-0.3, -0.25) is 33.2 Å². The van der Waals surface area contributed by atoms with Crippen LogP contribution in [0.5, 0.6) is 0 Å². The van der Waals surface area contributed by atoms with Gasteiger partial charge < -0.3 is 15.6 Å². The third-order valence-electron chi connectivity index (χ3n) is 7.86. The van der Waals surface area contributed by atoms with Crippen molar-refractivity contribution in [3.63, 3.8) is 0 Å². The zero-order valence-corrected chi connectivity index (χ0v) is 33.3. The van der Waals surface area contributed by atoms with Crippen molar-refractivity contribution in [2.45, 2.75) is 26.2 Å². The van der Waals surface area contributed by atoms with Crippen molar-refractivity contribution < 1.29 is 52.8 Å². The largest absolute Gasteiger partial charge is 0.374 e. The molecule has 0 bridgehead atoms. The molecule has 0 fully saturated rings. The van der Waals surface area contributed by atoms with Crippen LogP contribution in [-0.4, -0.2) is 27.9 Å². The van der Waals surface area contributed by atoms with E-state index in [0.717, 1.165) is 61.7 Å².